The molecule has 1 heterocycles. The van der Waals surface area contributed by atoms with Crippen molar-refractivity contribution in [3.8, 4) is 22.7 Å². The van der Waals surface area contributed by atoms with Gasteiger partial charge in [0, 0.05) is 42.5 Å². The molecule has 6 nitrogen and oxygen atoms in total. The van der Waals surface area contributed by atoms with Gasteiger partial charge in [0.25, 0.3) is 0 Å². The second-order valence-corrected chi connectivity index (χ2v) is 7.74. The summed E-state index contributed by atoms with van der Waals surface area (Å²) in [5, 5.41) is 10.9. The Morgan fingerprint density at radius 2 is 1.79 bits per heavy atom. The highest BCUT2D eigenvalue weighted by Gasteiger charge is 2.13. The van der Waals surface area contributed by atoms with Gasteiger partial charge in [-0.15, -0.1) is 0 Å². The van der Waals surface area contributed by atoms with Gasteiger partial charge in [0.2, 0.25) is 5.91 Å². The molecule has 0 atom stereocenters. The number of aromatic nitrogens is 2. The lowest BCUT2D eigenvalue weighted by Gasteiger charge is -2.12. The molecule has 168 valence electrons. The van der Waals surface area contributed by atoms with Gasteiger partial charge in [-0.2, -0.15) is 5.10 Å². The van der Waals surface area contributed by atoms with Gasteiger partial charge in [-0.3, -0.25) is 4.79 Å². The molecule has 0 aliphatic heterocycles. The van der Waals surface area contributed by atoms with Gasteiger partial charge < -0.3 is 15.4 Å². The van der Waals surface area contributed by atoms with E-state index in [0.717, 1.165) is 28.2 Å². The quantitative estimate of drug-likeness (QED) is 0.391. The molecule has 0 radical (unpaired) electrons. The summed E-state index contributed by atoms with van der Waals surface area (Å²) in [6.45, 7) is 4.01. The van der Waals surface area contributed by atoms with Crippen LogP contribution in [0.25, 0.3) is 16.9 Å². The van der Waals surface area contributed by atoms with Crippen molar-refractivity contribution in [3.63, 3.8) is 0 Å². The van der Waals surface area contributed by atoms with Crippen molar-refractivity contribution in [1.82, 2.24) is 9.78 Å². The van der Waals surface area contributed by atoms with Gasteiger partial charge in [-0.25, -0.2) is 9.07 Å². The maximum absolute atomic E-state index is 13.4. The monoisotopic (exact) mass is 444 g/mol. The van der Waals surface area contributed by atoms with Gasteiger partial charge in [0.05, 0.1) is 24.2 Å². The summed E-state index contributed by atoms with van der Waals surface area (Å²) in [5.41, 5.74) is 6.21. The highest BCUT2D eigenvalue weighted by molar-refractivity contribution is 5.90. The molecule has 0 saturated heterocycles. The number of nitrogens with one attached hydrogen (secondary N) is 2. The van der Waals surface area contributed by atoms with Crippen molar-refractivity contribution in [2.75, 3.05) is 17.7 Å². The zero-order valence-corrected chi connectivity index (χ0v) is 18.7. The van der Waals surface area contributed by atoms with E-state index in [0.29, 0.717) is 18.0 Å². The van der Waals surface area contributed by atoms with Crippen LogP contribution in [0.5, 0.6) is 5.75 Å². The van der Waals surface area contributed by atoms with Crippen LogP contribution in [0, 0.1) is 12.7 Å². The third kappa shape index (κ3) is 5.20. The number of anilines is 2. The van der Waals surface area contributed by atoms with Crippen LogP contribution in [0.4, 0.5) is 15.8 Å². The molecular weight excluding hydrogens is 419 g/mol. The number of benzene rings is 3. The molecule has 0 fully saturated rings. The molecule has 1 aromatic heterocycles. The van der Waals surface area contributed by atoms with Crippen molar-refractivity contribution in [2.45, 2.75) is 20.4 Å². The summed E-state index contributed by atoms with van der Waals surface area (Å²) < 4.78 is 20.6. The molecule has 0 aliphatic carbocycles. The number of carbonyl (C=O) groups excluding carboxylic acids is 1. The summed E-state index contributed by atoms with van der Waals surface area (Å²) in [7, 11) is 1.56. The first-order chi connectivity index (χ1) is 15.9. The molecule has 4 rings (SSSR count). The average molecular weight is 445 g/mol. The Bertz CT molecular complexity index is 1260. The Balaban J connectivity index is 1.64. The van der Waals surface area contributed by atoms with Gasteiger partial charge in [-0.05, 0) is 43.3 Å². The number of halogens is 1. The fourth-order valence-corrected chi connectivity index (χ4v) is 3.51. The normalized spacial score (nSPS) is 10.7. The molecule has 0 spiro atoms. The highest BCUT2D eigenvalue weighted by atomic mass is 19.1. The van der Waals surface area contributed by atoms with Gasteiger partial charge in [0.1, 0.15) is 11.6 Å². The van der Waals surface area contributed by atoms with Crippen molar-refractivity contribution in [2.24, 2.45) is 0 Å². The van der Waals surface area contributed by atoms with E-state index in [1.54, 1.807) is 30.0 Å². The second-order valence-electron chi connectivity index (χ2n) is 7.74. The lowest BCUT2D eigenvalue weighted by Crippen LogP contribution is -2.07. The first kappa shape index (κ1) is 22.1. The first-order valence-electron chi connectivity index (χ1n) is 10.5. The Labute approximate surface area is 192 Å². The largest absolute Gasteiger partial charge is 0.494 e. The molecule has 4 aromatic rings. The first-order valence-corrected chi connectivity index (χ1v) is 10.5. The summed E-state index contributed by atoms with van der Waals surface area (Å²) in [4.78, 5) is 11.4. The zero-order chi connectivity index (χ0) is 23.4. The Morgan fingerprint density at radius 3 is 2.45 bits per heavy atom. The molecule has 0 unspecified atom stereocenters. The van der Waals surface area contributed by atoms with Crippen LogP contribution >= 0.6 is 0 Å². The number of nitrogens with zero attached hydrogens (tertiary/aromatic N) is 2. The van der Waals surface area contributed by atoms with E-state index in [1.807, 2.05) is 37.4 Å². The van der Waals surface area contributed by atoms with E-state index >= 15 is 0 Å². The Hall–Kier alpha value is -4.13. The summed E-state index contributed by atoms with van der Waals surface area (Å²) >= 11 is 0. The van der Waals surface area contributed by atoms with Crippen LogP contribution in [-0.4, -0.2) is 22.8 Å². The van der Waals surface area contributed by atoms with Crippen molar-refractivity contribution in [1.29, 1.82) is 0 Å². The lowest BCUT2D eigenvalue weighted by molar-refractivity contribution is -0.114. The third-order valence-corrected chi connectivity index (χ3v) is 5.20. The molecule has 33 heavy (non-hydrogen) atoms. The van der Waals surface area contributed by atoms with E-state index in [1.165, 1.54) is 24.6 Å². The number of hydrogen-bond acceptors (Lipinski definition) is 4. The lowest BCUT2D eigenvalue weighted by atomic mass is 10.1. The third-order valence-electron chi connectivity index (χ3n) is 5.20. The standard InChI is InChI=1S/C26H25FN4O2/c1-17-4-6-19(7-5-17)26-20(16-31(30-26)23-11-8-21(27)9-12-23)15-28-22-10-13-24(29-18(2)32)25(14-22)33-3/h4-14,16,28H,15H2,1-3H3,(H,29,32). The Morgan fingerprint density at radius 1 is 1.06 bits per heavy atom. The van der Waals surface area contributed by atoms with Crippen LogP contribution in [0.1, 0.15) is 18.1 Å². The summed E-state index contributed by atoms with van der Waals surface area (Å²) in [6.07, 6.45) is 1.94. The molecule has 0 saturated carbocycles. The number of carbonyl (C=O) groups is 1. The maximum atomic E-state index is 13.4. The number of aryl methyl sites for hydroxylation is 1. The number of ether oxygens (including phenoxy) is 1. The van der Waals surface area contributed by atoms with Crippen LogP contribution in [0.3, 0.4) is 0 Å². The van der Waals surface area contributed by atoms with E-state index in [4.69, 9.17) is 9.84 Å². The summed E-state index contributed by atoms with van der Waals surface area (Å²) in [6, 6.07) is 19.9. The molecule has 1 amide bonds. The van der Waals surface area contributed by atoms with E-state index in [2.05, 4.69) is 22.8 Å². The van der Waals surface area contributed by atoms with Crippen LogP contribution in [0.2, 0.25) is 0 Å². The number of hydrogen-bond donors (Lipinski definition) is 2. The predicted octanol–water partition coefficient (Wildman–Crippen LogP) is 5.57. The smallest absolute Gasteiger partial charge is 0.221 e. The number of rotatable bonds is 7. The zero-order valence-electron chi connectivity index (χ0n) is 18.7. The fourth-order valence-electron chi connectivity index (χ4n) is 3.51. The number of amides is 1. The van der Waals surface area contributed by atoms with Crippen LogP contribution in [0.15, 0.2) is 72.9 Å². The average Bonchev–Trinajstić information content (AvgIpc) is 3.23. The summed E-state index contributed by atoms with van der Waals surface area (Å²) in [5.74, 6) is 0.115. The SMILES string of the molecule is COc1cc(NCc2cn(-c3ccc(F)cc3)nc2-c2ccc(C)cc2)ccc1NC(C)=O. The minimum Gasteiger partial charge on any atom is -0.494 e. The minimum absolute atomic E-state index is 0.162. The molecule has 0 bridgehead atoms. The topological polar surface area (TPSA) is 68.2 Å². The van der Waals surface area contributed by atoms with Gasteiger partial charge in [-0.1, -0.05) is 29.8 Å². The molecule has 2 N–H and O–H groups in total. The van der Waals surface area contributed by atoms with Gasteiger partial charge in [0.15, 0.2) is 0 Å². The fraction of sp³-hybridized carbons (Fsp3) is 0.154. The second kappa shape index (κ2) is 9.56. The van der Waals surface area contributed by atoms with Crippen LogP contribution in [-0.2, 0) is 11.3 Å². The van der Waals surface area contributed by atoms with Crippen LogP contribution < -0.4 is 15.4 Å². The molecular formula is C26H25FN4O2. The van der Waals surface area contributed by atoms with E-state index < -0.39 is 0 Å². The predicted molar refractivity (Wildman–Crippen MR) is 128 cm³/mol. The maximum Gasteiger partial charge on any atom is 0.221 e. The van der Waals surface area contributed by atoms with Crippen molar-refractivity contribution in [3.05, 3.63) is 89.9 Å². The highest BCUT2D eigenvalue weighted by Crippen LogP contribution is 2.29. The van der Waals surface area contributed by atoms with Crippen molar-refractivity contribution >= 4 is 17.3 Å². The molecule has 3 aromatic carbocycles. The van der Waals surface area contributed by atoms with E-state index in [9.17, 15) is 9.18 Å². The Kier molecular flexibility index (Phi) is 6.40. The molecule has 0 aliphatic rings. The van der Waals surface area contributed by atoms with Crippen molar-refractivity contribution < 1.29 is 13.9 Å². The minimum atomic E-state index is -0.289. The molecule has 7 heteroatoms. The number of methoxy groups -OCH3 is 1. The van der Waals surface area contributed by atoms with E-state index in [-0.39, 0.29) is 11.7 Å². The van der Waals surface area contributed by atoms with Gasteiger partial charge >= 0.3 is 0 Å².